The molecular weight excluding hydrogens is 276 g/mol. The summed E-state index contributed by atoms with van der Waals surface area (Å²) in [7, 11) is 1.61. The summed E-state index contributed by atoms with van der Waals surface area (Å²) in [5.74, 6) is 0.652. The lowest BCUT2D eigenvalue weighted by molar-refractivity contribution is -0.118. The number of benzene rings is 2. The Morgan fingerprint density at radius 2 is 1.75 bits per heavy atom. The van der Waals surface area contributed by atoms with E-state index in [-0.39, 0.29) is 18.3 Å². The van der Waals surface area contributed by atoms with Crippen LogP contribution in [-0.2, 0) is 4.79 Å². The smallest absolute Gasteiger partial charge is 0.253 e. The molecule has 0 bridgehead atoms. The molecule has 5 heteroatoms. The van der Waals surface area contributed by atoms with E-state index >= 15 is 0 Å². The summed E-state index contributed by atoms with van der Waals surface area (Å²) in [6.07, 6.45) is 0. The molecule has 0 aromatic heterocycles. The van der Waals surface area contributed by atoms with Crippen molar-refractivity contribution in [2.75, 3.05) is 12.0 Å². The van der Waals surface area contributed by atoms with Crippen LogP contribution in [0, 0.1) is 0 Å². The van der Waals surface area contributed by atoms with Gasteiger partial charge in [-0.2, -0.15) is 0 Å². The fraction of sp³-hybridized carbons (Fsp3) is 0.133. The van der Waals surface area contributed by atoms with Gasteiger partial charge in [0, 0.05) is 11.3 Å². The zero-order chi connectivity index (χ0) is 13.4. The number of nitrogens with zero attached hydrogens (tertiary/aromatic N) is 1. The van der Waals surface area contributed by atoms with Crippen LogP contribution in [-0.4, -0.2) is 13.0 Å². The Balaban J connectivity index is 0.00000147. The van der Waals surface area contributed by atoms with Crippen molar-refractivity contribution < 1.29 is 9.53 Å². The summed E-state index contributed by atoms with van der Waals surface area (Å²) in [4.78, 5) is 13.9. The van der Waals surface area contributed by atoms with E-state index in [9.17, 15) is 4.79 Å². The zero-order valence-corrected chi connectivity index (χ0v) is 11.8. The van der Waals surface area contributed by atoms with E-state index in [1.807, 2.05) is 48.5 Å². The van der Waals surface area contributed by atoms with Crippen molar-refractivity contribution in [1.82, 2.24) is 0 Å². The summed E-state index contributed by atoms with van der Waals surface area (Å²) in [5, 5.41) is 0. The number of methoxy groups -OCH3 is 1. The summed E-state index contributed by atoms with van der Waals surface area (Å²) in [6.45, 7) is 0. The number of halogens is 1. The van der Waals surface area contributed by atoms with Gasteiger partial charge >= 0.3 is 0 Å². The van der Waals surface area contributed by atoms with Gasteiger partial charge in [0.25, 0.3) is 5.91 Å². The number of carbonyl (C=O) groups excluding carboxylic acids is 1. The van der Waals surface area contributed by atoms with Crippen molar-refractivity contribution in [1.29, 1.82) is 0 Å². The summed E-state index contributed by atoms with van der Waals surface area (Å²) >= 11 is 0. The van der Waals surface area contributed by atoms with E-state index in [2.05, 4.69) is 0 Å². The first kappa shape index (κ1) is 14.4. The first-order valence-electron chi connectivity index (χ1n) is 6.05. The number of rotatable bonds is 2. The molecule has 2 aromatic rings. The van der Waals surface area contributed by atoms with Gasteiger partial charge in [-0.15, -0.1) is 12.4 Å². The van der Waals surface area contributed by atoms with Gasteiger partial charge in [0.2, 0.25) is 0 Å². The quantitative estimate of drug-likeness (QED) is 0.925. The summed E-state index contributed by atoms with van der Waals surface area (Å²) in [6, 6.07) is 14.4. The van der Waals surface area contributed by atoms with Crippen LogP contribution in [0.1, 0.15) is 11.6 Å². The Labute approximate surface area is 123 Å². The second-order valence-corrected chi connectivity index (χ2v) is 4.41. The number of fused-ring (bicyclic) bond motifs is 1. The highest BCUT2D eigenvalue weighted by atomic mass is 35.5. The summed E-state index contributed by atoms with van der Waals surface area (Å²) < 4.78 is 5.12. The van der Waals surface area contributed by atoms with Crippen molar-refractivity contribution in [3.05, 3.63) is 54.1 Å². The molecule has 20 heavy (non-hydrogen) atoms. The van der Waals surface area contributed by atoms with Crippen LogP contribution in [0.2, 0.25) is 0 Å². The number of ether oxygens (including phenoxy) is 1. The molecule has 104 valence electrons. The third-order valence-corrected chi connectivity index (χ3v) is 3.33. The van der Waals surface area contributed by atoms with E-state index in [0.717, 1.165) is 22.7 Å². The van der Waals surface area contributed by atoms with Crippen molar-refractivity contribution in [2.45, 2.75) is 6.04 Å². The molecule has 0 saturated carbocycles. The van der Waals surface area contributed by atoms with Gasteiger partial charge in [-0.05, 0) is 30.3 Å². The minimum atomic E-state index is -0.585. The Kier molecular flexibility index (Phi) is 3.97. The lowest BCUT2D eigenvalue weighted by atomic mass is 10.1. The van der Waals surface area contributed by atoms with Crippen molar-refractivity contribution in [3.63, 3.8) is 0 Å². The minimum Gasteiger partial charge on any atom is -0.497 e. The lowest BCUT2D eigenvalue weighted by Gasteiger charge is -2.18. The molecule has 1 unspecified atom stereocenters. The minimum absolute atomic E-state index is 0. The number of amides is 1. The maximum Gasteiger partial charge on any atom is 0.253 e. The fourth-order valence-electron chi connectivity index (χ4n) is 2.34. The first-order chi connectivity index (χ1) is 9.22. The van der Waals surface area contributed by atoms with E-state index < -0.39 is 6.04 Å². The molecule has 0 spiro atoms. The Hall–Kier alpha value is -2.04. The van der Waals surface area contributed by atoms with E-state index in [1.165, 1.54) is 0 Å². The highest BCUT2D eigenvalue weighted by Gasteiger charge is 2.35. The Bertz CT molecular complexity index is 628. The largest absolute Gasteiger partial charge is 0.497 e. The molecule has 1 atom stereocenters. The molecule has 0 radical (unpaired) electrons. The van der Waals surface area contributed by atoms with Crippen LogP contribution >= 0.6 is 12.4 Å². The molecule has 2 N–H and O–H groups in total. The standard InChI is InChI=1S/C15H14N2O2.ClH/c1-19-11-8-6-10(7-9-11)17-13-5-3-2-4-12(13)14(16)15(17)18;/h2-9,14H,16H2,1H3;1H. The van der Waals surface area contributed by atoms with Gasteiger partial charge in [-0.1, -0.05) is 18.2 Å². The van der Waals surface area contributed by atoms with Crippen LogP contribution < -0.4 is 15.4 Å². The highest BCUT2D eigenvalue weighted by Crippen LogP contribution is 2.39. The maximum atomic E-state index is 12.3. The van der Waals surface area contributed by atoms with Crippen LogP contribution in [0.4, 0.5) is 11.4 Å². The fourth-order valence-corrected chi connectivity index (χ4v) is 2.34. The number of hydrogen-bond donors (Lipinski definition) is 1. The maximum absolute atomic E-state index is 12.3. The van der Waals surface area contributed by atoms with Gasteiger partial charge in [0.05, 0.1) is 12.8 Å². The van der Waals surface area contributed by atoms with Gasteiger partial charge in [-0.3, -0.25) is 9.69 Å². The molecule has 0 saturated heterocycles. The van der Waals surface area contributed by atoms with Crippen LogP contribution in [0.5, 0.6) is 5.75 Å². The molecule has 4 nitrogen and oxygen atoms in total. The zero-order valence-electron chi connectivity index (χ0n) is 10.9. The molecule has 1 amide bonds. The molecule has 1 aliphatic heterocycles. The second kappa shape index (κ2) is 5.53. The molecule has 1 aliphatic rings. The molecule has 3 rings (SSSR count). The SMILES string of the molecule is COc1ccc(N2C(=O)C(N)c3ccccc32)cc1.Cl. The van der Waals surface area contributed by atoms with E-state index in [1.54, 1.807) is 12.0 Å². The van der Waals surface area contributed by atoms with Crippen molar-refractivity contribution in [2.24, 2.45) is 5.73 Å². The predicted octanol–water partition coefficient (Wildman–Crippen LogP) is 2.80. The Morgan fingerprint density at radius 3 is 2.40 bits per heavy atom. The number of para-hydroxylation sites is 1. The monoisotopic (exact) mass is 290 g/mol. The van der Waals surface area contributed by atoms with E-state index in [0.29, 0.717) is 0 Å². The van der Waals surface area contributed by atoms with Gasteiger partial charge in [0.1, 0.15) is 11.8 Å². The second-order valence-electron chi connectivity index (χ2n) is 4.41. The van der Waals surface area contributed by atoms with Gasteiger partial charge < -0.3 is 10.5 Å². The van der Waals surface area contributed by atoms with Crippen molar-refractivity contribution >= 4 is 29.7 Å². The average Bonchev–Trinajstić information content (AvgIpc) is 2.72. The molecule has 2 aromatic carbocycles. The van der Waals surface area contributed by atoms with Crippen molar-refractivity contribution in [3.8, 4) is 5.75 Å². The van der Waals surface area contributed by atoms with Gasteiger partial charge in [0.15, 0.2) is 0 Å². The third kappa shape index (κ3) is 2.13. The highest BCUT2D eigenvalue weighted by molar-refractivity contribution is 6.09. The average molecular weight is 291 g/mol. The first-order valence-corrected chi connectivity index (χ1v) is 6.05. The van der Waals surface area contributed by atoms with E-state index in [4.69, 9.17) is 10.5 Å². The van der Waals surface area contributed by atoms with Crippen LogP contribution in [0.3, 0.4) is 0 Å². The normalized spacial score (nSPS) is 16.6. The topological polar surface area (TPSA) is 55.6 Å². The predicted molar refractivity (Wildman–Crippen MR) is 80.8 cm³/mol. The number of carbonyl (C=O) groups is 1. The molecule has 0 aliphatic carbocycles. The molecule has 0 fully saturated rings. The molecular formula is C15H15ClN2O2. The van der Waals surface area contributed by atoms with Crippen LogP contribution in [0.15, 0.2) is 48.5 Å². The van der Waals surface area contributed by atoms with Crippen LogP contribution in [0.25, 0.3) is 0 Å². The number of hydrogen-bond acceptors (Lipinski definition) is 3. The van der Waals surface area contributed by atoms with Gasteiger partial charge in [-0.25, -0.2) is 0 Å². The number of anilines is 2. The summed E-state index contributed by atoms with van der Waals surface area (Å²) in [5.41, 5.74) is 8.47. The Morgan fingerprint density at radius 1 is 1.10 bits per heavy atom. The third-order valence-electron chi connectivity index (χ3n) is 3.33. The number of nitrogens with two attached hydrogens (primary N) is 1. The lowest BCUT2D eigenvalue weighted by Crippen LogP contribution is -2.27. The molecule has 1 heterocycles.